The third-order valence-corrected chi connectivity index (χ3v) is 6.26. The summed E-state index contributed by atoms with van der Waals surface area (Å²) in [7, 11) is -4.51. The van der Waals surface area contributed by atoms with E-state index in [9.17, 15) is 28.9 Å². The molecule has 1 aromatic carbocycles. The van der Waals surface area contributed by atoms with Gasteiger partial charge in [-0.25, -0.2) is 9.59 Å². The van der Waals surface area contributed by atoms with Gasteiger partial charge in [0.15, 0.2) is 6.10 Å². The molecule has 0 aromatic heterocycles. The fourth-order valence-electron chi connectivity index (χ4n) is 2.73. The number of amides is 3. The number of primary amides is 1. The summed E-state index contributed by atoms with van der Waals surface area (Å²) < 4.78 is 17.8. The van der Waals surface area contributed by atoms with E-state index in [4.69, 9.17) is 10.3 Å². The number of rotatable bonds is 13. The molecule has 0 aliphatic carbocycles. The zero-order valence-corrected chi connectivity index (χ0v) is 18.0. The highest BCUT2D eigenvalue weighted by molar-refractivity contribution is 7.53. The second-order valence-corrected chi connectivity index (χ2v) is 9.07. The number of nitrogens with one attached hydrogen (secondary N) is 2. The van der Waals surface area contributed by atoms with Crippen molar-refractivity contribution in [3.8, 4) is 0 Å². The summed E-state index contributed by atoms with van der Waals surface area (Å²) in [6.45, 7) is 3.35. The third-order valence-electron chi connectivity index (χ3n) is 4.27. The van der Waals surface area contributed by atoms with Crippen LogP contribution in [0.15, 0.2) is 30.3 Å². The van der Waals surface area contributed by atoms with E-state index in [1.165, 1.54) is 0 Å². The molecule has 0 radical (unpaired) electrons. The molecule has 0 fully saturated rings. The molecule has 3 amide bonds. The molecule has 3 atom stereocenters. The summed E-state index contributed by atoms with van der Waals surface area (Å²) in [6.07, 6.45) is -0.951. The Morgan fingerprint density at radius 3 is 2.37 bits per heavy atom. The Balaban J connectivity index is 2.71. The minimum absolute atomic E-state index is 0.0992. The van der Waals surface area contributed by atoms with E-state index >= 15 is 0 Å². The summed E-state index contributed by atoms with van der Waals surface area (Å²) >= 11 is 0. The number of carbonyl (C=O) groups is 3. The standard InChI is InChI=1S/C19H30N3O7P/c1-13(2)17(22-16(23)11-10-14-7-4-3-5-8-14)30(27,28)29-15(18(24)25)9-6-12-21-19(20)26/h3-5,7-8,13,15,17H,6,9-12H2,1-2H3,(H,22,23)(H,24,25)(H,27,28)(H3,20,21,26)/t15-,17?/m1/s1. The van der Waals surface area contributed by atoms with E-state index in [0.29, 0.717) is 6.42 Å². The largest absolute Gasteiger partial charge is 0.479 e. The van der Waals surface area contributed by atoms with Crippen molar-refractivity contribution in [2.24, 2.45) is 11.7 Å². The lowest BCUT2D eigenvalue weighted by Gasteiger charge is -2.28. The molecule has 0 aliphatic rings. The van der Waals surface area contributed by atoms with Crippen molar-refractivity contribution in [1.82, 2.24) is 10.6 Å². The van der Waals surface area contributed by atoms with Gasteiger partial charge in [0.2, 0.25) is 5.91 Å². The lowest BCUT2D eigenvalue weighted by molar-refractivity contribution is -0.145. The predicted octanol–water partition coefficient (Wildman–Crippen LogP) is 1.82. The second-order valence-electron chi connectivity index (χ2n) is 7.17. The zero-order chi connectivity index (χ0) is 22.7. The lowest BCUT2D eigenvalue weighted by Crippen LogP contribution is -2.40. The van der Waals surface area contributed by atoms with Crippen LogP contribution in [0, 0.1) is 5.92 Å². The van der Waals surface area contributed by atoms with Gasteiger partial charge >= 0.3 is 19.6 Å². The number of hydrogen-bond donors (Lipinski definition) is 5. The molecule has 1 rings (SSSR count). The van der Waals surface area contributed by atoms with Crippen molar-refractivity contribution in [2.75, 3.05) is 6.54 Å². The smallest absolute Gasteiger partial charge is 0.351 e. The summed E-state index contributed by atoms with van der Waals surface area (Å²) in [5, 5.41) is 14.1. The van der Waals surface area contributed by atoms with Crippen molar-refractivity contribution < 1.29 is 33.5 Å². The Kier molecular flexibility index (Phi) is 10.5. The van der Waals surface area contributed by atoms with Gasteiger partial charge in [0.25, 0.3) is 0 Å². The molecule has 0 heterocycles. The van der Waals surface area contributed by atoms with Crippen LogP contribution in [-0.2, 0) is 25.1 Å². The number of carboxylic acid groups (broad SMARTS) is 1. The number of aryl methyl sites for hydroxylation is 1. The van der Waals surface area contributed by atoms with Crippen LogP contribution < -0.4 is 16.4 Å². The van der Waals surface area contributed by atoms with E-state index in [-0.39, 0.29) is 25.8 Å². The van der Waals surface area contributed by atoms with E-state index in [1.54, 1.807) is 13.8 Å². The van der Waals surface area contributed by atoms with Crippen LogP contribution in [0.1, 0.15) is 38.7 Å². The highest BCUT2D eigenvalue weighted by Gasteiger charge is 2.40. The van der Waals surface area contributed by atoms with Gasteiger partial charge in [0, 0.05) is 13.0 Å². The van der Waals surface area contributed by atoms with Crippen LogP contribution >= 0.6 is 7.60 Å². The molecule has 0 aliphatic heterocycles. The monoisotopic (exact) mass is 443 g/mol. The fourth-order valence-corrected chi connectivity index (χ4v) is 4.48. The minimum Gasteiger partial charge on any atom is -0.479 e. The number of hydrogen-bond acceptors (Lipinski definition) is 5. The Morgan fingerprint density at radius 2 is 1.83 bits per heavy atom. The first-order valence-electron chi connectivity index (χ1n) is 9.63. The summed E-state index contributed by atoms with van der Waals surface area (Å²) in [4.78, 5) is 44.8. The van der Waals surface area contributed by atoms with E-state index in [0.717, 1.165) is 5.56 Å². The van der Waals surface area contributed by atoms with Crippen LogP contribution in [-0.4, -0.2) is 46.3 Å². The maximum Gasteiger partial charge on any atom is 0.351 e. The van der Waals surface area contributed by atoms with E-state index in [1.807, 2.05) is 30.3 Å². The van der Waals surface area contributed by atoms with Gasteiger partial charge in [-0.2, -0.15) is 0 Å². The predicted molar refractivity (Wildman–Crippen MR) is 111 cm³/mol. The molecule has 1 aromatic rings. The maximum atomic E-state index is 12.8. The topological polar surface area (TPSA) is 168 Å². The first-order valence-corrected chi connectivity index (χ1v) is 11.3. The van der Waals surface area contributed by atoms with Gasteiger partial charge < -0.3 is 26.4 Å². The number of nitrogens with two attached hydrogens (primary N) is 1. The number of benzene rings is 1. The molecule has 168 valence electrons. The SMILES string of the molecule is CC(C)C(NC(=O)CCc1ccccc1)P(=O)(O)O[C@H](CCCNC(N)=O)C(=O)O. The summed E-state index contributed by atoms with van der Waals surface area (Å²) in [5.41, 5.74) is 5.88. The number of carboxylic acids is 1. The molecule has 0 saturated heterocycles. The first-order chi connectivity index (χ1) is 14.0. The van der Waals surface area contributed by atoms with Crippen LogP contribution in [0.3, 0.4) is 0 Å². The molecule has 0 bridgehead atoms. The summed E-state index contributed by atoms with van der Waals surface area (Å²) in [6, 6.07) is 8.56. The Morgan fingerprint density at radius 1 is 1.20 bits per heavy atom. The van der Waals surface area contributed by atoms with Gasteiger partial charge in [-0.1, -0.05) is 44.2 Å². The number of carbonyl (C=O) groups excluding carboxylic acids is 2. The van der Waals surface area contributed by atoms with Crippen molar-refractivity contribution in [3.05, 3.63) is 35.9 Å². The van der Waals surface area contributed by atoms with Gasteiger partial charge in [-0.15, -0.1) is 0 Å². The lowest BCUT2D eigenvalue weighted by atomic mass is 10.1. The van der Waals surface area contributed by atoms with Crippen LogP contribution in [0.4, 0.5) is 4.79 Å². The Bertz CT molecular complexity index is 758. The maximum absolute atomic E-state index is 12.8. The molecular formula is C19H30N3O7P. The molecule has 0 spiro atoms. The fraction of sp³-hybridized carbons (Fsp3) is 0.526. The average molecular weight is 443 g/mol. The highest BCUT2D eigenvalue weighted by Crippen LogP contribution is 2.50. The zero-order valence-electron chi connectivity index (χ0n) is 17.1. The van der Waals surface area contributed by atoms with E-state index < -0.39 is 43.3 Å². The quantitative estimate of drug-likeness (QED) is 0.229. The average Bonchev–Trinajstić information content (AvgIpc) is 2.66. The van der Waals surface area contributed by atoms with Gasteiger partial charge in [-0.05, 0) is 30.7 Å². The Labute approximate surface area is 175 Å². The van der Waals surface area contributed by atoms with E-state index in [2.05, 4.69) is 10.6 Å². The van der Waals surface area contributed by atoms with Crippen molar-refractivity contribution >= 4 is 25.5 Å². The highest BCUT2D eigenvalue weighted by atomic mass is 31.2. The van der Waals surface area contributed by atoms with Crippen LogP contribution in [0.5, 0.6) is 0 Å². The normalized spacial score (nSPS) is 15.1. The van der Waals surface area contributed by atoms with Gasteiger partial charge in [0.05, 0.1) is 0 Å². The van der Waals surface area contributed by atoms with Gasteiger partial charge in [-0.3, -0.25) is 13.9 Å². The third kappa shape index (κ3) is 9.39. The molecular weight excluding hydrogens is 413 g/mol. The molecule has 6 N–H and O–H groups in total. The number of aliphatic carboxylic acids is 1. The van der Waals surface area contributed by atoms with Gasteiger partial charge in [0.1, 0.15) is 5.78 Å². The molecule has 2 unspecified atom stereocenters. The minimum atomic E-state index is -4.51. The van der Waals surface area contributed by atoms with Crippen molar-refractivity contribution in [1.29, 1.82) is 0 Å². The van der Waals surface area contributed by atoms with Crippen LogP contribution in [0.25, 0.3) is 0 Å². The summed E-state index contributed by atoms with van der Waals surface area (Å²) in [5.74, 6) is -3.59. The number of urea groups is 1. The Hall–Kier alpha value is -2.42. The second kappa shape index (κ2) is 12.3. The molecule has 30 heavy (non-hydrogen) atoms. The van der Waals surface area contributed by atoms with Crippen molar-refractivity contribution in [2.45, 2.75) is 51.4 Å². The van der Waals surface area contributed by atoms with Crippen LogP contribution in [0.2, 0.25) is 0 Å². The molecule has 11 heteroatoms. The molecule has 0 saturated carbocycles. The van der Waals surface area contributed by atoms with Crippen molar-refractivity contribution in [3.63, 3.8) is 0 Å². The first kappa shape index (κ1) is 25.6. The molecule has 10 nitrogen and oxygen atoms in total.